The van der Waals surface area contributed by atoms with Crippen molar-refractivity contribution in [1.82, 2.24) is 9.97 Å². The van der Waals surface area contributed by atoms with Crippen LogP contribution in [0.5, 0.6) is 0 Å². The molecule has 0 saturated carbocycles. The van der Waals surface area contributed by atoms with Gasteiger partial charge in [0.25, 0.3) is 0 Å². The van der Waals surface area contributed by atoms with Gasteiger partial charge in [0.05, 0.1) is 11.3 Å². The number of hydrogen-bond acceptors (Lipinski definition) is 5. The molecule has 94 valence electrons. The Labute approximate surface area is 114 Å². The highest BCUT2D eigenvalue weighted by atomic mass is 16.1. The van der Waals surface area contributed by atoms with Crippen LogP contribution >= 0.6 is 0 Å². The molecule has 1 aliphatic carbocycles. The number of nitrogens with zero attached hydrogens (tertiary/aromatic N) is 4. The lowest BCUT2D eigenvalue weighted by Gasteiger charge is -2.10. The van der Waals surface area contributed by atoms with Gasteiger partial charge in [-0.1, -0.05) is 30.3 Å². The largest absolute Gasteiger partial charge is 0.289 e. The van der Waals surface area contributed by atoms with Crippen molar-refractivity contribution < 1.29 is 4.79 Å². The molecule has 5 heteroatoms. The molecule has 1 aromatic carbocycles. The smallest absolute Gasteiger partial charge is 0.191 e. The Morgan fingerprint density at radius 1 is 1.00 bits per heavy atom. The molecule has 2 aliphatic rings. The molecule has 0 atom stereocenters. The first-order valence-electron chi connectivity index (χ1n) is 6.12. The molecule has 0 bridgehead atoms. The van der Waals surface area contributed by atoms with Crippen molar-refractivity contribution in [3.05, 3.63) is 71.4 Å². The second-order valence-corrected chi connectivity index (χ2v) is 4.44. The Kier molecular flexibility index (Phi) is 2.20. The Hall–Kier alpha value is -2.95. The fourth-order valence-corrected chi connectivity index (χ4v) is 2.25. The fourth-order valence-electron chi connectivity index (χ4n) is 2.25. The summed E-state index contributed by atoms with van der Waals surface area (Å²) in [5, 5.41) is 0. The van der Waals surface area contributed by atoms with Crippen LogP contribution in [0.4, 0.5) is 0 Å². The van der Waals surface area contributed by atoms with Crippen molar-refractivity contribution in [2.45, 2.75) is 0 Å². The highest BCUT2D eigenvalue weighted by Crippen LogP contribution is 2.25. The van der Waals surface area contributed by atoms with Gasteiger partial charge in [0.15, 0.2) is 11.6 Å². The lowest BCUT2D eigenvalue weighted by Crippen LogP contribution is -2.17. The van der Waals surface area contributed by atoms with Crippen LogP contribution in [-0.2, 0) is 0 Å². The topological polar surface area (TPSA) is 67.6 Å². The molecule has 2 aromatic rings. The average molecular weight is 260 g/mol. The van der Waals surface area contributed by atoms with Gasteiger partial charge >= 0.3 is 0 Å². The summed E-state index contributed by atoms with van der Waals surface area (Å²) < 4.78 is 0. The molecule has 20 heavy (non-hydrogen) atoms. The van der Waals surface area contributed by atoms with Crippen molar-refractivity contribution in [2.75, 3.05) is 0 Å². The molecule has 1 aliphatic heterocycles. The minimum atomic E-state index is -0.132. The third-order valence-electron chi connectivity index (χ3n) is 3.19. The summed E-state index contributed by atoms with van der Waals surface area (Å²) in [4.78, 5) is 29.0. The van der Waals surface area contributed by atoms with E-state index in [2.05, 4.69) is 20.0 Å². The first kappa shape index (κ1) is 10.9. The number of carbonyl (C=O) groups is 1. The summed E-state index contributed by atoms with van der Waals surface area (Å²) in [5.41, 5.74) is 3.15. The molecule has 0 spiro atoms. The molecule has 0 amide bonds. The van der Waals surface area contributed by atoms with Crippen LogP contribution in [-0.4, -0.2) is 27.3 Å². The zero-order chi connectivity index (χ0) is 13.5. The molecule has 1 aromatic heterocycles. The monoisotopic (exact) mass is 260 g/mol. The summed E-state index contributed by atoms with van der Waals surface area (Å²) in [6.45, 7) is 0. The number of aliphatic imine (C=N–C) groups is 2. The van der Waals surface area contributed by atoms with Gasteiger partial charge in [-0.25, -0.2) is 20.0 Å². The zero-order valence-corrected chi connectivity index (χ0v) is 10.3. The van der Waals surface area contributed by atoms with Gasteiger partial charge in [-0.05, 0) is 0 Å². The second kappa shape index (κ2) is 4.03. The van der Waals surface area contributed by atoms with E-state index < -0.39 is 0 Å². The molecule has 5 nitrogen and oxygen atoms in total. The van der Waals surface area contributed by atoms with Crippen LogP contribution in [0.25, 0.3) is 0 Å². The van der Waals surface area contributed by atoms with Crippen LogP contribution in [0.1, 0.15) is 21.6 Å². The van der Waals surface area contributed by atoms with Crippen molar-refractivity contribution in [2.24, 2.45) is 9.98 Å². The van der Waals surface area contributed by atoms with Crippen molar-refractivity contribution in [1.29, 1.82) is 0 Å². The van der Waals surface area contributed by atoms with E-state index in [-0.39, 0.29) is 5.78 Å². The minimum absolute atomic E-state index is 0.132. The highest BCUT2D eigenvalue weighted by molar-refractivity contribution is 6.31. The van der Waals surface area contributed by atoms with Crippen LogP contribution in [0, 0.1) is 0 Å². The van der Waals surface area contributed by atoms with Crippen molar-refractivity contribution in [3.63, 3.8) is 0 Å². The number of hydrogen-bond donors (Lipinski definition) is 0. The third kappa shape index (κ3) is 1.53. The number of aromatic nitrogens is 2. The van der Waals surface area contributed by atoms with Gasteiger partial charge in [0.2, 0.25) is 0 Å². The average Bonchev–Trinajstić information content (AvgIpc) is 2.93. The maximum Gasteiger partial charge on any atom is 0.191 e. The van der Waals surface area contributed by atoms with E-state index in [1.165, 1.54) is 18.6 Å². The minimum Gasteiger partial charge on any atom is -0.289 e. The van der Waals surface area contributed by atoms with Crippen LogP contribution in [0.2, 0.25) is 0 Å². The molecule has 0 N–H and O–H groups in total. The summed E-state index contributed by atoms with van der Waals surface area (Å²) in [7, 11) is 0. The third-order valence-corrected chi connectivity index (χ3v) is 3.19. The summed E-state index contributed by atoms with van der Waals surface area (Å²) in [6, 6.07) is 9.66. The lowest BCUT2D eigenvalue weighted by atomic mass is 9.99. The van der Waals surface area contributed by atoms with E-state index in [9.17, 15) is 4.79 Å². The Balaban J connectivity index is 1.89. The number of allylic oxidation sites excluding steroid dienone is 2. The molecule has 0 radical (unpaired) electrons. The maximum atomic E-state index is 12.0. The first-order chi connectivity index (χ1) is 9.83. The molecular weight excluding hydrogens is 252 g/mol. The molecule has 0 saturated heterocycles. The normalized spacial score (nSPS) is 16.0. The van der Waals surface area contributed by atoms with E-state index in [1.807, 2.05) is 30.3 Å². The van der Waals surface area contributed by atoms with E-state index in [0.717, 1.165) is 5.56 Å². The van der Waals surface area contributed by atoms with Gasteiger partial charge < -0.3 is 0 Å². The van der Waals surface area contributed by atoms with Gasteiger partial charge in [-0.3, -0.25) is 4.79 Å². The predicted octanol–water partition coefficient (Wildman–Crippen LogP) is 1.81. The maximum absolute atomic E-state index is 12.0. The Morgan fingerprint density at radius 2 is 1.85 bits per heavy atom. The number of rotatable bonds is 1. The number of ketones is 1. The van der Waals surface area contributed by atoms with Crippen LogP contribution < -0.4 is 0 Å². The fraction of sp³-hybridized carbons (Fsp3) is 0. The van der Waals surface area contributed by atoms with Crippen molar-refractivity contribution in [3.8, 4) is 0 Å². The number of amidine groups is 1. The van der Waals surface area contributed by atoms with Gasteiger partial charge in [-0.2, -0.15) is 0 Å². The molecule has 0 unspecified atom stereocenters. The molecule has 4 rings (SSSR count). The molecule has 0 fully saturated rings. The summed E-state index contributed by atoms with van der Waals surface area (Å²) >= 11 is 0. The number of benzene rings is 1. The van der Waals surface area contributed by atoms with Gasteiger partial charge in [-0.15, -0.1) is 0 Å². The standard InChI is InChI=1S/C15H8N4O/c20-12-6-11-14(13-10(12)7-16-8-17-13)19-15(18-11)9-4-2-1-3-5-9/h1-8H. The van der Waals surface area contributed by atoms with E-state index in [4.69, 9.17) is 0 Å². The number of fused-ring (bicyclic) bond motifs is 3. The Morgan fingerprint density at radius 3 is 2.70 bits per heavy atom. The predicted molar refractivity (Wildman–Crippen MR) is 74.0 cm³/mol. The van der Waals surface area contributed by atoms with Gasteiger partial charge in [0, 0.05) is 17.8 Å². The quantitative estimate of drug-likeness (QED) is 0.785. The summed E-state index contributed by atoms with van der Waals surface area (Å²) in [5.74, 6) is 0.471. The van der Waals surface area contributed by atoms with Crippen LogP contribution in [0.15, 0.2) is 64.6 Å². The second-order valence-electron chi connectivity index (χ2n) is 4.44. The number of carbonyl (C=O) groups excluding carboxylic acids is 1. The first-order valence-corrected chi connectivity index (χ1v) is 6.12. The SMILES string of the molecule is O=C1C=C2N=C(c3ccccc3)N=C2c2ncncc21. The van der Waals surface area contributed by atoms with E-state index >= 15 is 0 Å². The van der Waals surface area contributed by atoms with Crippen LogP contribution in [0.3, 0.4) is 0 Å². The highest BCUT2D eigenvalue weighted by Gasteiger charge is 2.29. The molecular formula is C15H8N4O. The molecule has 2 heterocycles. The Bertz CT molecular complexity index is 819. The lowest BCUT2D eigenvalue weighted by molar-refractivity contribution is 0.104. The zero-order valence-electron chi connectivity index (χ0n) is 10.3. The van der Waals surface area contributed by atoms with E-state index in [0.29, 0.717) is 28.5 Å². The van der Waals surface area contributed by atoms with Crippen molar-refractivity contribution >= 4 is 17.3 Å². The van der Waals surface area contributed by atoms with E-state index in [1.54, 1.807) is 0 Å². The van der Waals surface area contributed by atoms with Gasteiger partial charge in [0.1, 0.15) is 17.7 Å². The summed E-state index contributed by atoms with van der Waals surface area (Å²) in [6.07, 6.45) is 4.42.